The van der Waals surface area contributed by atoms with Crippen LogP contribution < -0.4 is 5.43 Å². The van der Waals surface area contributed by atoms with Crippen LogP contribution in [0.3, 0.4) is 0 Å². The van der Waals surface area contributed by atoms with Gasteiger partial charge in [0.25, 0.3) is 0 Å². The number of esters is 4. The van der Waals surface area contributed by atoms with Crippen LogP contribution in [-0.2, 0) is 51.3 Å². The topological polar surface area (TPSA) is 127 Å². The fraction of sp³-hybridized carbons (Fsp3) is 0.157. The number of benzene rings is 5. The third-order valence-corrected chi connectivity index (χ3v) is 8.68. The molecule has 0 atom stereocenters. The van der Waals surface area contributed by atoms with E-state index in [1.165, 1.54) is 6.08 Å². The molecule has 0 amide bonds. The number of fused-ring (bicyclic) bond motifs is 2. The minimum absolute atomic E-state index is 0.00907. The van der Waals surface area contributed by atoms with Crippen LogP contribution in [0.4, 0.5) is 0 Å². The second-order valence-electron chi connectivity index (χ2n) is 13.7. The van der Waals surface area contributed by atoms with Crippen LogP contribution in [-0.4, -0.2) is 48.3 Å². The van der Waals surface area contributed by atoms with Gasteiger partial charge in [-0.25, -0.2) is 19.2 Å². The molecule has 0 saturated carbocycles. The molecule has 0 saturated heterocycles. The van der Waals surface area contributed by atoms with Gasteiger partial charge in [0, 0.05) is 33.6 Å². The lowest BCUT2D eigenvalue weighted by Crippen LogP contribution is -2.16. The number of carbonyl (C=O) groups is 4. The summed E-state index contributed by atoms with van der Waals surface area (Å²) in [5, 5.41) is 1.33. The molecular weight excluding hydrogens is 771 g/mol. The molecule has 0 aliphatic carbocycles. The number of carbonyl (C=O) groups excluding carboxylic acids is 4. The molecule has 1 heterocycles. The molecule has 0 aliphatic rings. The first-order valence-corrected chi connectivity index (χ1v) is 19.4. The molecular formula is C51H49NO9. The Morgan fingerprint density at radius 3 is 1.51 bits per heavy atom. The molecule has 1 aromatic heterocycles. The summed E-state index contributed by atoms with van der Waals surface area (Å²) in [6, 6.07) is 42.4. The van der Waals surface area contributed by atoms with E-state index < -0.39 is 17.9 Å². The Hall–Kier alpha value is -7.59. The third kappa shape index (κ3) is 14.6. The number of nitrogens with zero attached hydrogens (tertiary/aromatic N) is 1. The van der Waals surface area contributed by atoms with Crippen molar-refractivity contribution in [2.24, 2.45) is 0 Å². The van der Waals surface area contributed by atoms with Crippen molar-refractivity contribution in [3.8, 4) is 11.1 Å². The molecule has 0 bridgehead atoms. The summed E-state index contributed by atoms with van der Waals surface area (Å²) in [5.41, 5.74) is 6.93. The number of hydrogen-bond donors (Lipinski definition) is 0. The van der Waals surface area contributed by atoms with E-state index in [-0.39, 0.29) is 31.2 Å². The Kier molecular flexibility index (Phi) is 17.9. The molecule has 10 nitrogen and oxygen atoms in total. The Balaban J connectivity index is 0.000000211. The minimum atomic E-state index is -0.495. The van der Waals surface area contributed by atoms with E-state index in [0.29, 0.717) is 40.6 Å². The lowest BCUT2D eigenvalue weighted by Gasteiger charge is -2.15. The van der Waals surface area contributed by atoms with Gasteiger partial charge in [-0.3, -0.25) is 4.79 Å². The van der Waals surface area contributed by atoms with Crippen LogP contribution in [0.2, 0.25) is 0 Å². The molecule has 6 rings (SSSR count). The molecule has 5 aromatic carbocycles. The normalized spacial score (nSPS) is 10.3. The quantitative estimate of drug-likeness (QED) is 0.0347. The number of ether oxygens (including phenoxy) is 4. The van der Waals surface area contributed by atoms with Crippen LogP contribution in [0.15, 0.2) is 181 Å². The largest absolute Gasteiger partial charge is 0.460 e. The zero-order valence-electron chi connectivity index (χ0n) is 34.6. The first-order chi connectivity index (χ1) is 29.3. The maximum absolute atomic E-state index is 12.6. The standard InChI is InChI=1S/C21H20O4.C19H17NO3.C11H12O2/c1-16(2)21(23)25-15-14-24-20(22)13-10-17-8-11-19(12-9-17)18-6-4-3-5-7-18;1-13(2)19(22)23-12-11-20-16-9-5-3-7-14(16)18(21)15-8-4-6-10-17(15)20;1-9(2)11(12)13-8-10-6-4-3-5-7-10/h3-13H,1,14-15H2,2H3;3-10H,1,11-12H2,2H3;3-7H,1,8H2,2H3/b13-10+;;. The van der Waals surface area contributed by atoms with Gasteiger partial charge in [0.1, 0.15) is 26.4 Å². The SMILES string of the molecule is C=C(C)C(=O)OCCOC(=O)/C=C/c1ccc(-c2ccccc2)cc1.C=C(C)C(=O)OCCn1c2ccccc2c(=O)c2ccccc21.C=C(C)C(=O)OCc1ccccc1. The van der Waals surface area contributed by atoms with Crippen molar-refractivity contribution in [2.75, 3.05) is 19.8 Å². The van der Waals surface area contributed by atoms with Gasteiger partial charge in [-0.2, -0.15) is 0 Å². The lowest BCUT2D eigenvalue weighted by molar-refractivity contribution is -0.146. The summed E-state index contributed by atoms with van der Waals surface area (Å²) in [4.78, 5) is 57.9. The fourth-order valence-electron chi connectivity index (χ4n) is 5.55. The van der Waals surface area contributed by atoms with Crippen LogP contribution in [0.1, 0.15) is 31.9 Å². The smallest absolute Gasteiger partial charge is 0.333 e. The van der Waals surface area contributed by atoms with Gasteiger partial charge in [-0.1, -0.05) is 129 Å². The number of para-hydroxylation sites is 2. The van der Waals surface area contributed by atoms with Crippen molar-refractivity contribution in [3.63, 3.8) is 0 Å². The first-order valence-electron chi connectivity index (χ1n) is 19.4. The van der Waals surface area contributed by atoms with E-state index in [0.717, 1.165) is 33.3 Å². The lowest BCUT2D eigenvalue weighted by atomic mass is 10.0. The van der Waals surface area contributed by atoms with Crippen molar-refractivity contribution in [1.29, 1.82) is 0 Å². The molecule has 312 valence electrons. The number of rotatable bonds is 14. The zero-order chi connectivity index (χ0) is 44.1. The monoisotopic (exact) mass is 819 g/mol. The summed E-state index contributed by atoms with van der Waals surface area (Å²) in [6.45, 7) is 16.4. The van der Waals surface area contributed by atoms with Gasteiger partial charge in [0.2, 0.25) is 0 Å². The average molecular weight is 820 g/mol. The molecule has 10 heteroatoms. The predicted octanol–water partition coefficient (Wildman–Crippen LogP) is 9.61. The summed E-state index contributed by atoms with van der Waals surface area (Å²) in [6.07, 6.45) is 3.02. The zero-order valence-corrected chi connectivity index (χ0v) is 34.6. The van der Waals surface area contributed by atoms with Gasteiger partial charge in [-0.05, 0) is 73.4 Å². The summed E-state index contributed by atoms with van der Waals surface area (Å²) in [5.74, 6) is -1.73. The highest BCUT2D eigenvalue weighted by molar-refractivity contribution is 5.93. The maximum Gasteiger partial charge on any atom is 0.333 e. The van der Waals surface area contributed by atoms with E-state index in [2.05, 4.69) is 19.7 Å². The second kappa shape index (κ2) is 23.7. The molecule has 61 heavy (non-hydrogen) atoms. The summed E-state index contributed by atoms with van der Waals surface area (Å²) < 4.78 is 21.9. The van der Waals surface area contributed by atoms with E-state index in [1.54, 1.807) is 26.8 Å². The molecule has 0 spiro atoms. The predicted molar refractivity (Wildman–Crippen MR) is 240 cm³/mol. The Morgan fingerprint density at radius 1 is 0.525 bits per heavy atom. The number of aromatic nitrogens is 1. The summed E-state index contributed by atoms with van der Waals surface area (Å²) >= 11 is 0. The highest BCUT2D eigenvalue weighted by atomic mass is 16.6. The Morgan fingerprint density at radius 2 is 0.967 bits per heavy atom. The number of pyridine rings is 1. The maximum atomic E-state index is 12.6. The fourth-order valence-corrected chi connectivity index (χ4v) is 5.55. The Bertz CT molecular complexity index is 2510. The van der Waals surface area contributed by atoms with Gasteiger partial charge < -0.3 is 23.5 Å². The van der Waals surface area contributed by atoms with E-state index in [1.807, 2.05) is 138 Å². The molecule has 0 fully saturated rings. The molecule has 6 aromatic rings. The summed E-state index contributed by atoms with van der Waals surface area (Å²) in [7, 11) is 0. The van der Waals surface area contributed by atoms with Crippen LogP contribution in [0.5, 0.6) is 0 Å². The second-order valence-corrected chi connectivity index (χ2v) is 13.7. The van der Waals surface area contributed by atoms with E-state index >= 15 is 0 Å². The van der Waals surface area contributed by atoms with Crippen molar-refractivity contribution in [3.05, 3.63) is 197 Å². The first kappa shape index (κ1) is 46.1. The molecule has 0 N–H and O–H groups in total. The van der Waals surface area contributed by atoms with Crippen molar-refractivity contribution < 1.29 is 38.1 Å². The van der Waals surface area contributed by atoms with Crippen LogP contribution >= 0.6 is 0 Å². The van der Waals surface area contributed by atoms with Gasteiger partial charge in [-0.15, -0.1) is 0 Å². The van der Waals surface area contributed by atoms with Crippen LogP contribution in [0, 0.1) is 0 Å². The van der Waals surface area contributed by atoms with Gasteiger partial charge in [0.05, 0.1) is 17.6 Å². The molecule has 0 unspecified atom stereocenters. The average Bonchev–Trinajstić information content (AvgIpc) is 3.28. The third-order valence-electron chi connectivity index (χ3n) is 8.68. The Labute approximate surface area is 355 Å². The minimum Gasteiger partial charge on any atom is -0.460 e. The highest BCUT2D eigenvalue weighted by Gasteiger charge is 2.11. The highest BCUT2D eigenvalue weighted by Crippen LogP contribution is 2.21. The number of hydrogen-bond acceptors (Lipinski definition) is 9. The molecule has 0 radical (unpaired) electrons. The van der Waals surface area contributed by atoms with Crippen LogP contribution in [0.25, 0.3) is 39.0 Å². The van der Waals surface area contributed by atoms with Crippen molar-refractivity contribution >= 4 is 51.8 Å². The van der Waals surface area contributed by atoms with E-state index in [4.69, 9.17) is 18.9 Å². The van der Waals surface area contributed by atoms with Crippen molar-refractivity contribution in [2.45, 2.75) is 33.9 Å². The van der Waals surface area contributed by atoms with E-state index in [9.17, 15) is 24.0 Å². The van der Waals surface area contributed by atoms with Gasteiger partial charge >= 0.3 is 23.9 Å². The van der Waals surface area contributed by atoms with Crippen molar-refractivity contribution in [1.82, 2.24) is 4.57 Å². The van der Waals surface area contributed by atoms with Gasteiger partial charge in [0.15, 0.2) is 5.43 Å². The molecule has 0 aliphatic heterocycles.